The number of alkyl halides is 4. The zero-order valence-corrected chi connectivity index (χ0v) is 9.86. The Morgan fingerprint density at radius 2 is 2.00 bits per heavy atom. The lowest BCUT2D eigenvalue weighted by atomic mass is 10.1. The lowest BCUT2D eigenvalue weighted by molar-refractivity contribution is -0.388. The Bertz CT molecular complexity index is 436. The Kier molecular flexibility index (Phi) is 3.80. The molecule has 0 atom stereocenters. The van der Waals surface area contributed by atoms with Crippen LogP contribution in [0.4, 0.5) is 18.9 Å². The number of halogens is 5. The van der Waals surface area contributed by atoms with E-state index in [1.54, 1.807) is 0 Å². The highest BCUT2D eigenvalue weighted by molar-refractivity contribution is 9.10. The molecular formula is C8H4BrClF3NO2. The van der Waals surface area contributed by atoms with E-state index < -0.39 is 22.4 Å². The standard InChI is InChI=1S/C8H4BrClF3NO2/c9-5-1-4(3-10)7(14(15)16)6(2-5)8(11,12)13/h1-2H,3H2. The zero-order valence-electron chi connectivity index (χ0n) is 7.52. The fourth-order valence-electron chi connectivity index (χ4n) is 1.19. The molecule has 0 radical (unpaired) electrons. The summed E-state index contributed by atoms with van der Waals surface area (Å²) in [6, 6.07) is 1.86. The van der Waals surface area contributed by atoms with Crippen molar-refractivity contribution < 1.29 is 18.1 Å². The molecule has 0 bridgehead atoms. The van der Waals surface area contributed by atoms with Gasteiger partial charge in [-0.3, -0.25) is 10.1 Å². The van der Waals surface area contributed by atoms with Gasteiger partial charge in [0.2, 0.25) is 0 Å². The minimum atomic E-state index is -4.78. The average molecular weight is 318 g/mol. The summed E-state index contributed by atoms with van der Waals surface area (Å²) < 4.78 is 37.7. The van der Waals surface area contributed by atoms with Crippen molar-refractivity contribution in [2.75, 3.05) is 0 Å². The summed E-state index contributed by atoms with van der Waals surface area (Å²) >= 11 is 8.23. The van der Waals surface area contributed by atoms with E-state index in [0.29, 0.717) is 6.07 Å². The van der Waals surface area contributed by atoms with Gasteiger partial charge in [-0.25, -0.2) is 0 Å². The first-order valence-electron chi connectivity index (χ1n) is 3.87. The normalized spacial score (nSPS) is 11.6. The second-order valence-electron chi connectivity index (χ2n) is 2.85. The van der Waals surface area contributed by atoms with Crippen LogP contribution in [0.2, 0.25) is 0 Å². The van der Waals surface area contributed by atoms with E-state index in [4.69, 9.17) is 11.6 Å². The summed E-state index contributed by atoms with van der Waals surface area (Å²) in [5.74, 6) is -0.362. The molecule has 0 aliphatic rings. The SMILES string of the molecule is O=[N+]([O-])c1c(CCl)cc(Br)cc1C(F)(F)F. The lowest BCUT2D eigenvalue weighted by Crippen LogP contribution is -2.10. The van der Waals surface area contributed by atoms with Gasteiger partial charge in [0.05, 0.1) is 10.8 Å². The van der Waals surface area contributed by atoms with Crippen molar-refractivity contribution in [2.45, 2.75) is 12.1 Å². The third kappa shape index (κ3) is 2.65. The van der Waals surface area contributed by atoms with Crippen LogP contribution >= 0.6 is 27.5 Å². The number of hydrogen-bond donors (Lipinski definition) is 0. The summed E-state index contributed by atoms with van der Waals surface area (Å²) in [6.45, 7) is 0. The largest absolute Gasteiger partial charge is 0.423 e. The van der Waals surface area contributed by atoms with Crippen LogP contribution in [-0.4, -0.2) is 4.92 Å². The monoisotopic (exact) mass is 317 g/mol. The number of nitro benzene ring substituents is 1. The molecule has 0 N–H and O–H groups in total. The summed E-state index contributed by atoms with van der Waals surface area (Å²) in [4.78, 5) is 9.51. The fraction of sp³-hybridized carbons (Fsp3) is 0.250. The number of nitro groups is 1. The van der Waals surface area contributed by atoms with Gasteiger partial charge in [-0.05, 0) is 12.1 Å². The molecule has 0 unspecified atom stereocenters. The average Bonchev–Trinajstić information content (AvgIpc) is 2.14. The topological polar surface area (TPSA) is 43.1 Å². The summed E-state index contributed by atoms with van der Waals surface area (Å²) in [6.07, 6.45) is -4.78. The van der Waals surface area contributed by atoms with Crippen LogP contribution in [0, 0.1) is 10.1 Å². The van der Waals surface area contributed by atoms with Crippen molar-refractivity contribution >= 4 is 33.2 Å². The quantitative estimate of drug-likeness (QED) is 0.468. The second-order valence-corrected chi connectivity index (χ2v) is 4.03. The van der Waals surface area contributed by atoms with Crippen LogP contribution < -0.4 is 0 Å². The van der Waals surface area contributed by atoms with Crippen molar-refractivity contribution in [1.29, 1.82) is 0 Å². The molecule has 88 valence electrons. The first-order chi connectivity index (χ1) is 7.27. The molecule has 0 aliphatic heterocycles. The molecule has 8 heteroatoms. The van der Waals surface area contributed by atoms with Crippen molar-refractivity contribution in [3.8, 4) is 0 Å². The van der Waals surface area contributed by atoms with Crippen LogP contribution in [0.1, 0.15) is 11.1 Å². The molecule has 0 saturated carbocycles. The fourth-order valence-corrected chi connectivity index (χ4v) is 1.90. The third-order valence-corrected chi connectivity index (χ3v) is 2.53. The lowest BCUT2D eigenvalue weighted by Gasteiger charge is -2.10. The maximum Gasteiger partial charge on any atom is 0.423 e. The number of benzene rings is 1. The van der Waals surface area contributed by atoms with E-state index in [-0.39, 0.29) is 15.9 Å². The minimum Gasteiger partial charge on any atom is -0.258 e. The van der Waals surface area contributed by atoms with Gasteiger partial charge in [-0.1, -0.05) is 15.9 Å². The van der Waals surface area contributed by atoms with Gasteiger partial charge < -0.3 is 0 Å². The molecule has 0 saturated heterocycles. The number of hydrogen-bond acceptors (Lipinski definition) is 2. The summed E-state index contributed by atoms with van der Waals surface area (Å²) in [7, 11) is 0. The predicted octanol–water partition coefficient (Wildman–Crippen LogP) is 4.11. The van der Waals surface area contributed by atoms with Crippen LogP contribution in [0.3, 0.4) is 0 Å². The Morgan fingerprint density at radius 3 is 2.38 bits per heavy atom. The Balaban J connectivity index is 3.57. The molecule has 1 aromatic carbocycles. The van der Waals surface area contributed by atoms with E-state index in [0.717, 1.165) is 0 Å². The van der Waals surface area contributed by atoms with E-state index in [1.165, 1.54) is 6.07 Å². The molecule has 16 heavy (non-hydrogen) atoms. The van der Waals surface area contributed by atoms with E-state index in [9.17, 15) is 23.3 Å². The second kappa shape index (κ2) is 4.58. The van der Waals surface area contributed by atoms with E-state index >= 15 is 0 Å². The van der Waals surface area contributed by atoms with Crippen molar-refractivity contribution in [2.24, 2.45) is 0 Å². The summed E-state index contributed by atoms with van der Waals surface area (Å²) in [5, 5.41) is 10.6. The molecule has 0 heterocycles. The van der Waals surface area contributed by atoms with E-state index in [2.05, 4.69) is 15.9 Å². The molecular weight excluding hydrogens is 314 g/mol. The molecule has 0 spiro atoms. The molecule has 0 aromatic heterocycles. The van der Waals surface area contributed by atoms with Crippen molar-refractivity contribution in [3.05, 3.63) is 37.8 Å². The van der Waals surface area contributed by atoms with Crippen LogP contribution in [-0.2, 0) is 12.1 Å². The molecule has 0 fully saturated rings. The Morgan fingerprint density at radius 1 is 1.44 bits per heavy atom. The highest BCUT2D eigenvalue weighted by Crippen LogP contribution is 2.40. The smallest absolute Gasteiger partial charge is 0.258 e. The molecule has 1 aromatic rings. The van der Waals surface area contributed by atoms with Crippen LogP contribution in [0.25, 0.3) is 0 Å². The summed E-state index contributed by atoms with van der Waals surface area (Å²) in [5.41, 5.74) is -2.47. The third-order valence-electron chi connectivity index (χ3n) is 1.79. The first kappa shape index (κ1) is 13.2. The van der Waals surface area contributed by atoms with Gasteiger partial charge in [0.15, 0.2) is 0 Å². The highest BCUT2D eigenvalue weighted by atomic mass is 79.9. The zero-order chi connectivity index (χ0) is 12.5. The van der Waals surface area contributed by atoms with Crippen LogP contribution in [0.5, 0.6) is 0 Å². The molecule has 0 amide bonds. The van der Waals surface area contributed by atoms with Crippen molar-refractivity contribution in [1.82, 2.24) is 0 Å². The maximum atomic E-state index is 12.5. The van der Waals surface area contributed by atoms with Gasteiger partial charge in [-0.15, -0.1) is 11.6 Å². The molecule has 1 rings (SSSR count). The van der Waals surface area contributed by atoms with E-state index in [1.807, 2.05) is 0 Å². The first-order valence-corrected chi connectivity index (χ1v) is 5.20. The minimum absolute atomic E-state index is 0.0982. The van der Waals surface area contributed by atoms with Crippen LogP contribution in [0.15, 0.2) is 16.6 Å². The Hall–Kier alpha value is -0.820. The maximum absolute atomic E-state index is 12.5. The number of nitrogens with zero attached hydrogens (tertiary/aromatic N) is 1. The van der Waals surface area contributed by atoms with Gasteiger partial charge >= 0.3 is 6.18 Å². The highest BCUT2D eigenvalue weighted by Gasteiger charge is 2.40. The predicted molar refractivity (Wildman–Crippen MR) is 55.4 cm³/mol. The molecule has 3 nitrogen and oxygen atoms in total. The van der Waals surface area contributed by atoms with Crippen molar-refractivity contribution in [3.63, 3.8) is 0 Å². The van der Waals surface area contributed by atoms with Gasteiger partial charge in [0.1, 0.15) is 5.56 Å². The number of rotatable bonds is 2. The van der Waals surface area contributed by atoms with Gasteiger partial charge in [-0.2, -0.15) is 13.2 Å². The Labute approximate surface area is 101 Å². The van der Waals surface area contributed by atoms with Gasteiger partial charge in [0, 0.05) is 10.0 Å². The molecule has 0 aliphatic carbocycles. The van der Waals surface area contributed by atoms with Gasteiger partial charge in [0.25, 0.3) is 5.69 Å².